The fourth-order valence-corrected chi connectivity index (χ4v) is 4.25. The molecule has 31 heavy (non-hydrogen) atoms. The molecule has 1 fully saturated rings. The summed E-state index contributed by atoms with van der Waals surface area (Å²) in [5, 5.41) is 3.04. The molecule has 2 amide bonds. The number of hydrogen-bond donors (Lipinski definition) is 1. The Hall–Kier alpha value is -2.60. The van der Waals surface area contributed by atoms with Gasteiger partial charge in [-0.2, -0.15) is 0 Å². The first-order valence-corrected chi connectivity index (χ1v) is 11.1. The third-order valence-corrected chi connectivity index (χ3v) is 5.91. The second kappa shape index (κ2) is 11.1. The number of ether oxygens (including phenoxy) is 1. The molecule has 0 aromatic heterocycles. The summed E-state index contributed by atoms with van der Waals surface area (Å²) in [5.74, 6) is -1.14. The number of hydrogen-bond acceptors (Lipinski definition) is 3. The monoisotopic (exact) mass is 446 g/mol. The average Bonchev–Trinajstić information content (AvgIpc) is 2.80. The quantitative estimate of drug-likeness (QED) is 0.603. The van der Waals surface area contributed by atoms with Crippen molar-refractivity contribution in [1.29, 1.82) is 0 Å². The maximum atomic E-state index is 14.8. The summed E-state index contributed by atoms with van der Waals surface area (Å²) >= 11 is 5.91. The fraction of sp³-hybridized carbons (Fsp3) is 0.417. The number of alkyl halides is 1. The molecular weight excluding hydrogens is 419 g/mol. The maximum Gasteiger partial charge on any atom is 0.247 e. The van der Waals surface area contributed by atoms with Crippen LogP contribution in [-0.2, 0) is 16.1 Å². The number of benzene rings is 2. The van der Waals surface area contributed by atoms with E-state index in [1.54, 1.807) is 18.2 Å². The van der Waals surface area contributed by atoms with Crippen molar-refractivity contribution >= 4 is 23.4 Å². The Bertz CT molecular complexity index is 902. The van der Waals surface area contributed by atoms with Crippen LogP contribution in [0.5, 0.6) is 5.75 Å². The highest BCUT2D eigenvalue weighted by Crippen LogP contribution is 2.29. The van der Waals surface area contributed by atoms with E-state index in [2.05, 4.69) is 5.32 Å². The third-order valence-electron chi connectivity index (χ3n) is 5.68. The molecule has 1 saturated carbocycles. The van der Waals surface area contributed by atoms with E-state index in [1.807, 2.05) is 18.2 Å². The molecule has 1 atom stereocenters. The second-order valence-electron chi connectivity index (χ2n) is 7.73. The van der Waals surface area contributed by atoms with Crippen LogP contribution >= 0.6 is 11.6 Å². The first-order chi connectivity index (χ1) is 15.0. The molecule has 1 aliphatic carbocycles. The Kier molecular flexibility index (Phi) is 8.29. The molecule has 0 aliphatic heterocycles. The van der Waals surface area contributed by atoms with Crippen molar-refractivity contribution in [1.82, 2.24) is 10.2 Å². The Morgan fingerprint density at radius 3 is 2.48 bits per heavy atom. The van der Waals surface area contributed by atoms with Crippen molar-refractivity contribution in [3.63, 3.8) is 0 Å². The van der Waals surface area contributed by atoms with Crippen molar-refractivity contribution in [2.24, 2.45) is 0 Å². The van der Waals surface area contributed by atoms with Crippen molar-refractivity contribution in [3.8, 4) is 5.75 Å². The largest absolute Gasteiger partial charge is 0.496 e. The van der Waals surface area contributed by atoms with Gasteiger partial charge in [0.15, 0.2) is 0 Å². The molecule has 1 N–H and O–H groups in total. The second-order valence-corrected chi connectivity index (χ2v) is 8.00. The van der Waals surface area contributed by atoms with Gasteiger partial charge in [0.2, 0.25) is 11.8 Å². The third kappa shape index (κ3) is 5.76. The molecule has 0 heterocycles. The number of methoxy groups -OCH3 is 1. The van der Waals surface area contributed by atoms with Gasteiger partial charge in [-0.05, 0) is 25.0 Å². The van der Waals surface area contributed by atoms with E-state index in [0.29, 0.717) is 11.3 Å². The lowest BCUT2D eigenvalue weighted by Gasteiger charge is -2.33. The van der Waals surface area contributed by atoms with Gasteiger partial charge in [-0.25, -0.2) is 4.39 Å². The first-order valence-electron chi connectivity index (χ1n) is 10.6. The standard InChI is InChI=1S/C24H28ClFN2O3/c1-31-21-14-8-5-9-17(21)16-28(22(29)15-25)23(19-12-6-7-13-20(19)26)24(30)27-18-10-3-2-4-11-18/h5-9,12-14,18,23H,2-4,10-11,15-16H2,1H3,(H,27,30)/t23-/m1/s1. The predicted molar refractivity (Wildman–Crippen MR) is 118 cm³/mol. The van der Waals surface area contributed by atoms with Crippen LogP contribution < -0.4 is 10.1 Å². The molecule has 5 nitrogen and oxygen atoms in total. The number of amides is 2. The van der Waals surface area contributed by atoms with Gasteiger partial charge in [-0.3, -0.25) is 9.59 Å². The van der Waals surface area contributed by atoms with Crippen LogP contribution in [0.1, 0.15) is 49.3 Å². The van der Waals surface area contributed by atoms with Crippen LogP contribution in [0.4, 0.5) is 4.39 Å². The molecule has 0 saturated heterocycles. The zero-order chi connectivity index (χ0) is 22.2. The highest BCUT2D eigenvalue weighted by molar-refractivity contribution is 6.27. The van der Waals surface area contributed by atoms with E-state index in [0.717, 1.165) is 32.1 Å². The van der Waals surface area contributed by atoms with Gasteiger partial charge in [0.1, 0.15) is 23.5 Å². The number of nitrogens with zero attached hydrogens (tertiary/aromatic N) is 1. The minimum absolute atomic E-state index is 0.0229. The molecule has 166 valence electrons. The summed E-state index contributed by atoms with van der Waals surface area (Å²) in [6.45, 7) is 0.0622. The van der Waals surface area contributed by atoms with Crippen LogP contribution in [0, 0.1) is 5.82 Å². The molecule has 3 rings (SSSR count). The topological polar surface area (TPSA) is 58.6 Å². The Morgan fingerprint density at radius 2 is 1.81 bits per heavy atom. The number of rotatable bonds is 8. The summed E-state index contributed by atoms with van der Waals surface area (Å²) < 4.78 is 20.2. The first kappa shape index (κ1) is 23.1. The van der Waals surface area contributed by atoms with Gasteiger partial charge < -0.3 is 15.0 Å². The van der Waals surface area contributed by atoms with Gasteiger partial charge in [0.25, 0.3) is 0 Å². The zero-order valence-electron chi connectivity index (χ0n) is 17.7. The van der Waals surface area contributed by atoms with Crippen LogP contribution in [0.3, 0.4) is 0 Å². The van der Waals surface area contributed by atoms with Crippen molar-refractivity contribution in [2.75, 3.05) is 13.0 Å². The molecule has 7 heteroatoms. The lowest BCUT2D eigenvalue weighted by Crippen LogP contribution is -2.47. The molecule has 0 bridgehead atoms. The minimum Gasteiger partial charge on any atom is -0.496 e. The Morgan fingerprint density at radius 1 is 1.13 bits per heavy atom. The number of halogens is 2. The number of nitrogens with one attached hydrogen (secondary N) is 1. The van der Waals surface area contributed by atoms with E-state index in [1.165, 1.54) is 24.1 Å². The molecule has 0 spiro atoms. The zero-order valence-corrected chi connectivity index (χ0v) is 18.4. The molecule has 2 aromatic rings. The van der Waals surface area contributed by atoms with E-state index in [-0.39, 0.29) is 24.0 Å². The summed E-state index contributed by atoms with van der Waals surface area (Å²) in [7, 11) is 1.54. The van der Waals surface area contributed by atoms with Crippen LogP contribution in [0.15, 0.2) is 48.5 Å². The molecule has 0 unspecified atom stereocenters. The van der Waals surface area contributed by atoms with Gasteiger partial charge in [-0.1, -0.05) is 55.7 Å². The number of carbonyl (C=O) groups excluding carboxylic acids is 2. The minimum atomic E-state index is -1.14. The number of carbonyl (C=O) groups is 2. The highest BCUT2D eigenvalue weighted by atomic mass is 35.5. The average molecular weight is 447 g/mol. The lowest BCUT2D eigenvalue weighted by molar-refractivity contribution is -0.140. The number of para-hydroxylation sites is 1. The normalized spacial score (nSPS) is 15.2. The predicted octanol–water partition coefficient (Wildman–Crippen LogP) is 4.59. The van der Waals surface area contributed by atoms with Gasteiger partial charge in [0.05, 0.1) is 13.7 Å². The summed E-state index contributed by atoms with van der Waals surface area (Å²) in [4.78, 5) is 27.6. The van der Waals surface area contributed by atoms with E-state index in [9.17, 15) is 14.0 Å². The van der Waals surface area contributed by atoms with Crippen molar-refractivity contribution in [3.05, 3.63) is 65.5 Å². The Labute approximate surface area is 187 Å². The van der Waals surface area contributed by atoms with Gasteiger partial charge >= 0.3 is 0 Å². The van der Waals surface area contributed by atoms with Crippen molar-refractivity contribution < 1.29 is 18.7 Å². The highest BCUT2D eigenvalue weighted by Gasteiger charge is 2.34. The molecule has 2 aromatic carbocycles. The van der Waals surface area contributed by atoms with E-state index < -0.39 is 23.7 Å². The SMILES string of the molecule is COc1ccccc1CN(C(=O)CCl)[C@@H](C(=O)NC1CCCCC1)c1ccccc1F. The fourth-order valence-electron chi connectivity index (χ4n) is 4.09. The summed E-state index contributed by atoms with van der Waals surface area (Å²) in [6.07, 6.45) is 4.99. The van der Waals surface area contributed by atoms with E-state index in [4.69, 9.17) is 16.3 Å². The Balaban J connectivity index is 1.99. The van der Waals surface area contributed by atoms with Crippen LogP contribution in [0.2, 0.25) is 0 Å². The van der Waals surface area contributed by atoms with E-state index >= 15 is 0 Å². The maximum absolute atomic E-state index is 14.8. The van der Waals surface area contributed by atoms with Gasteiger partial charge in [0, 0.05) is 17.2 Å². The van der Waals surface area contributed by atoms with Crippen LogP contribution in [-0.4, -0.2) is 35.7 Å². The van der Waals surface area contributed by atoms with Gasteiger partial charge in [-0.15, -0.1) is 11.6 Å². The van der Waals surface area contributed by atoms with Crippen LogP contribution in [0.25, 0.3) is 0 Å². The molecule has 1 aliphatic rings. The molecular formula is C24H28ClFN2O3. The van der Waals surface area contributed by atoms with Crippen molar-refractivity contribution in [2.45, 2.75) is 50.7 Å². The molecule has 0 radical (unpaired) electrons. The summed E-state index contributed by atoms with van der Waals surface area (Å²) in [5.41, 5.74) is 0.847. The lowest BCUT2D eigenvalue weighted by atomic mass is 9.94. The summed E-state index contributed by atoms with van der Waals surface area (Å²) in [6, 6.07) is 12.2. The smallest absolute Gasteiger partial charge is 0.247 e.